The van der Waals surface area contributed by atoms with Gasteiger partial charge in [0.1, 0.15) is 12.7 Å². The van der Waals surface area contributed by atoms with Crippen molar-refractivity contribution in [3.8, 4) is 5.75 Å². The normalized spacial score (nSPS) is 12.3. The van der Waals surface area contributed by atoms with Crippen LogP contribution in [0.5, 0.6) is 5.75 Å². The fraction of sp³-hybridized carbons (Fsp3) is 0.278. The van der Waals surface area contributed by atoms with Crippen LogP contribution in [0.3, 0.4) is 0 Å². The van der Waals surface area contributed by atoms with Crippen LogP contribution in [-0.2, 0) is 6.54 Å². The van der Waals surface area contributed by atoms with E-state index in [1.807, 2.05) is 30.5 Å². The van der Waals surface area contributed by atoms with Gasteiger partial charge >= 0.3 is 5.69 Å². The number of benzene rings is 2. The van der Waals surface area contributed by atoms with Crippen molar-refractivity contribution in [2.24, 2.45) is 0 Å². The summed E-state index contributed by atoms with van der Waals surface area (Å²) >= 11 is 0. The number of hydrogen-bond acceptors (Lipinski definition) is 5. The minimum atomic E-state index is -0.821. The Hall–Kier alpha value is -2.93. The maximum absolute atomic E-state index is 11.0. The first-order chi connectivity index (χ1) is 12.0. The van der Waals surface area contributed by atoms with Crippen molar-refractivity contribution in [3.05, 3.63) is 64.0 Å². The summed E-state index contributed by atoms with van der Waals surface area (Å²) in [6.45, 7) is 4.30. The van der Waals surface area contributed by atoms with Gasteiger partial charge in [-0.25, -0.2) is 4.98 Å². The number of aliphatic hydroxyl groups is 1. The zero-order chi connectivity index (χ0) is 18.0. The molecule has 0 aliphatic rings. The van der Waals surface area contributed by atoms with Crippen LogP contribution < -0.4 is 4.74 Å². The maximum atomic E-state index is 11.0. The molecule has 3 aromatic rings. The van der Waals surface area contributed by atoms with Gasteiger partial charge in [-0.05, 0) is 43.2 Å². The molecule has 1 heterocycles. The summed E-state index contributed by atoms with van der Waals surface area (Å²) < 4.78 is 7.29. The van der Waals surface area contributed by atoms with Crippen LogP contribution in [0.25, 0.3) is 11.0 Å². The molecular formula is C18H19N3O4. The molecule has 0 fully saturated rings. The van der Waals surface area contributed by atoms with Gasteiger partial charge in [0.25, 0.3) is 0 Å². The van der Waals surface area contributed by atoms with Crippen LogP contribution in [0.4, 0.5) is 5.69 Å². The number of para-hydroxylation sites is 2. The van der Waals surface area contributed by atoms with Crippen LogP contribution in [0.2, 0.25) is 0 Å². The minimum Gasteiger partial charge on any atom is -0.484 e. The van der Waals surface area contributed by atoms with E-state index in [0.717, 1.165) is 22.2 Å². The second kappa shape index (κ2) is 6.90. The summed E-state index contributed by atoms with van der Waals surface area (Å²) in [6, 6.07) is 10.2. The number of aromatic nitrogens is 2. The van der Waals surface area contributed by atoms with E-state index in [2.05, 4.69) is 4.98 Å². The molecule has 0 amide bonds. The molecule has 0 saturated heterocycles. The van der Waals surface area contributed by atoms with Gasteiger partial charge in [-0.3, -0.25) is 10.1 Å². The average Bonchev–Trinajstić information content (AvgIpc) is 2.95. The number of nitro benzene ring substituents is 1. The molecule has 1 atom stereocenters. The Bertz CT molecular complexity index is 920. The highest BCUT2D eigenvalue weighted by atomic mass is 16.6. The van der Waals surface area contributed by atoms with Crippen LogP contribution in [-0.4, -0.2) is 32.3 Å². The van der Waals surface area contributed by atoms with Crippen molar-refractivity contribution in [1.82, 2.24) is 9.55 Å². The summed E-state index contributed by atoms with van der Waals surface area (Å²) in [5.74, 6) is 0.147. The van der Waals surface area contributed by atoms with E-state index in [1.54, 1.807) is 18.5 Å². The Balaban J connectivity index is 1.70. The second-order valence-corrected chi connectivity index (χ2v) is 6.01. The second-order valence-electron chi connectivity index (χ2n) is 6.01. The van der Waals surface area contributed by atoms with Crippen LogP contribution in [0.1, 0.15) is 11.1 Å². The molecule has 25 heavy (non-hydrogen) atoms. The molecule has 0 bridgehead atoms. The zero-order valence-electron chi connectivity index (χ0n) is 14.0. The lowest BCUT2D eigenvalue weighted by Gasteiger charge is -2.14. The minimum absolute atomic E-state index is 0.0463. The van der Waals surface area contributed by atoms with Gasteiger partial charge in [0.2, 0.25) is 0 Å². The lowest BCUT2D eigenvalue weighted by Crippen LogP contribution is -2.23. The molecule has 7 nitrogen and oxygen atoms in total. The van der Waals surface area contributed by atoms with E-state index in [9.17, 15) is 15.2 Å². The predicted octanol–water partition coefficient (Wildman–Crippen LogP) is 3.00. The zero-order valence-corrected chi connectivity index (χ0v) is 14.0. The summed E-state index contributed by atoms with van der Waals surface area (Å²) in [5.41, 5.74) is 4.01. The molecule has 0 aliphatic carbocycles. The van der Waals surface area contributed by atoms with Gasteiger partial charge in [-0.2, -0.15) is 0 Å². The van der Waals surface area contributed by atoms with E-state index in [-0.39, 0.29) is 18.0 Å². The van der Waals surface area contributed by atoms with Crippen molar-refractivity contribution in [2.45, 2.75) is 26.5 Å². The fourth-order valence-electron chi connectivity index (χ4n) is 2.65. The highest BCUT2D eigenvalue weighted by Crippen LogP contribution is 2.26. The molecule has 0 saturated carbocycles. The third-order valence-corrected chi connectivity index (χ3v) is 4.14. The largest absolute Gasteiger partial charge is 0.484 e. The molecule has 7 heteroatoms. The Morgan fingerprint density at radius 3 is 2.76 bits per heavy atom. The van der Waals surface area contributed by atoms with Crippen molar-refractivity contribution in [2.75, 3.05) is 6.61 Å². The molecule has 0 aliphatic heterocycles. The Morgan fingerprint density at radius 1 is 1.28 bits per heavy atom. The molecule has 2 aromatic carbocycles. The summed E-state index contributed by atoms with van der Waals surface area (Å²) in [7, 11) is 0. The Labute approximate surface area is 144 Å². The van der Waals surface area contributed by atoms with Crippen LogP contribution in [0, 0.1) is 24.0 Å². The number of aryl methyl sites for hydroxylation is 2. The SMILES string of the molecule is Cc1cc2ncn(CC(O)COc3ccccc3[N+](=O)[O-])c2cc1C. The molecular weight excluding hydrogens is 322 g/mol. The summed E-state index contributed by atoms with van der Waals surface area (Å²) in [6.07, 6.45) is 0.858. The van der Waals surface area contributed by atoms with Gasteiger partial charge in [0, 0.05) is 6.07 Å². The first-order valence-corrected chi connectivity index (χ1v) is 7.92. The van der Waals surface area contributed by atoms with Crippen molar-refractivity contribution >= 4 is 16.7 Å². The van der Waals surface area contributed by atoms with E-state index >= 15 is 0 Å². The smallest absolute Gasteiger partial charge is 0.310 e. The molecule has 130 valence electrons. The number of aliphatic hydroxyl groups excluding tert-OH is 1. The number of nitrogens with zero attached hydrogens (tertiary/aromatic N) is 3. The molecule has 0 spiro atoms. The number of hydrogen-bond donors (Lipinski definition) is 1. The number of fused-ring (bicyclic) bond motifs is 1. The van der Waals surface area contributed by atoms with Gasteiger partial charge in [0.05, 0.1) is 28.8 Å². The van der Waals surface area contributed by atoms with Crippen molar-refractivity contribution < 1.29 is 14.8 Å². The third-order valence-electron chi connectivity index (χ3n) is 4.14. The van der Waals surface area contributed by atoms with Crippen LogP contribution in [0.15, 0.2) is 42.7 Å². The third kappa shape index (κ3) is 3.61. The lowest BCUT2D eigenvalue weighted by atomic mass is 10.1. The monoisotopic (exact) mass is 341 g/mol. The standard InChI is InChI=1S/C18H19N3O4/c1-12-7-15-17(8-13(12)2)20(11-19-15)9-14(22)10-25-18-6-4-3-5-16(18)21(23)24/h3-8,11,14,22H,9-10H2,1-2H3. The van der Waals surface area contributed by atoms with Crippen molar-refractivity contribution in [1.29, 1.82) is 0 Å². The average molecular weight is 341 g/mol. The first-order valence-electron chi connectivity index (χ1n) is 7.92. The number of ether oxygens (including phenoxy) is 1. The van der Waals surface area contributed by atoms with E-state index < -0.39 is 11.0 Å². The van der Waals surface area contributed by atoms with E-state index in [0.29, 0.717) is 6.54 Å². The first kappa shape index (κ1) is 16.9. The van der Waals surface area contributed by atoms with Crippen molar-refractivity contribution in [3.63, 3.8) is 0 Å². The molecule has 0 radical (unpaired) electrons. The van der Waals surface area contributed by atoms with Gasteiger partial charge in [-0.15, -0.1) is 0 Å². The van der Waals surface area contributed by atoms with E-state index in [4.69, 9.17) is 4.74 Å². The number of nitro groups is 1. The van der Waals surface area contributed by atoms with Gasteiger partial charge < -0.3 is 14.4 Å². The quantitative estimate of drug-likeness (QED) is 0.550. The fourth-order valence-corrected chi connectivity index (χ4v) is 2.65. The topological polar surface area (TPSA) is 90.4 Å². The maximum Gasteiger partial charge on any atom is 0.310 e. The molecule has 1 aromatic heterocycles. The molecule has 1 unspecified atom stereocenters. The van der Waals surface area contributed by atoms with Gasteiger partial charge in [0.15, 0.2) is 5.75 Å². The Kier molecular flexibility index (Phi) is 4.67. The highest BCUT2D eigenvalue weighted by Gasteiger charge is 2.16. The molecule has 1 N–H and O–H groups in total. The summed E-state index contributed by atoms with van der Waals surface area (Å²) in [4.78, 5) is 14.8. The predicted molar refractivity (Wildman–Crippen MR) is 93.8 cm³/mol. The Morgan fingerprint density at radius 2 is 2.00 bits per heavy atom. The number of imidazole rings is 1. The van der Waals surface area contributed by atoms with Crippen LogP contribution >= 0.6 is 0 Å². The van der Waals surface area contributed by atoms with E-state index in [1.165, 1.54) is 12.1 Å². The number of rotatable bonds is 6. The highest BCUT2D eigenvalue weighted by molar-refractivity contribution is 5.77. The van der Waals surface area contributed by atoms with Gasteiger partial charge in [-0.1, -0.05) is 12.1 Å². The lowest BCUT2D eigenvalue weighted by molar-refractivity contribution is -0.385. The summed E-state index contributed by atoms with van der Waals surface area (Å²) in [5, 5.41) is 21.2. The molecule has 3 rings (SSSR count).